The molecule has 1 aromatic rings. The fourth-order valence-corrected chi connectivity index (χ4v) is 1.90. The topological polar surface area (TPSA) is 126 Å². The zero-order chi connectivity index (χ0) is 18.5. The summed E-state index contributed by atoms with van der Waals surface area (Å²) in [6.07, 6.45) is 0. The van der Waals surface area contributed by atoms with Gasteiger partial charge in [0.05, 0.1) is 55.6 Å². The number of nitro groups is 2. The molecule has 25 heavy (non-hydrogen) atoms. The van der Waals surface area contributed by atoms with E-state index in [2.05, 4.69) is 5.32 Å². The monoisotopic (exact) mass is 377 g/mol. The summed E-state index contributed by atoms with van der Waals surface area (Å²) in [5.74, 6) is 0.447. The highest BCUT2D eigenvalue weighted by Crippen LogP contribution is 2.28. The van der Waals surface area contributed by atoms with E-state index in [1.165, 1.54) is 12.1 Å². The second-order valence-corrected chi connectivity index (χ2v) is 5.05. The van der Waals surface area contributed by atoms with Crippen LogP contribution in [0.4, 0.5) is 17.1 Å². The number of hydrogen-bond donors (Lipinski definition) is 1. The van der Waals surface area contributed by atoms with Crippen LogP contribution < -0.4 is 5.32 Å². The third kappa shape index (κ3) is 8.59. The first-order chi connectivity index (χ1) is 12.1. The highest BCUT2D eigenvalue weighted by Gasteiger charge is 2.18. The number of rotatable bonds is 14. The van der Waals surface area contributed by atoms with E-state index in [-0.39, 0.29) is 17.1 Å². The van der Waals surface area contributed by atoms with Gasteiger partial charge in [-0.15, -0.1) is 11.6 Å². The molecule has 0 amide bonds. The van der Waals surface area contributed by atoms with Gasteiger partial charge >= 0.3 is 0 Å². The quantitative estimate of drug-likeness (QED) is 0.226. The normalized spacial score (nSPS) is 10.6. The van der Waals surface area contributed by atoms with E-state index in [0.717, 1.165) is 6.07 Å². The maximum absolute atomic E-state index is 11.0. The minimum atomic E-state index is -0.680. The second kappa shape index (κ2) is 12.4. The number of nitrogens with zero attached hydrogens (tertiary/aromatic N) is 2. The first-order valence-electron chi connectivity index (χ1n) is 7.52. The molecule has 0 spiro atoms. The summed E-state index contributed by atoms with van der Waals surface area (Å²) in [6, 6.07) is 3.43. The highest BCUT2D eigenvalue weighted by atomic mass is 35.5. The third-order valence-corrected chi connectivity index (χ3v) is 3.07. The summed E-state index contributed by atoms with van der Waals surface area (Å²) < 4.78 is 15.7. The Morgan fingerprint density at radius 2 is 1.52 bits per heavy atom. The molecule has 0 bridgehead atoms. The number of nitro benzene ring substituents is 2. The van der Waals surface area contributed by atoms with Crippen LogP contribution in [-0.4, -0.2) is 61.9 Å². The Kier molecular flexibility index (Phi) is 10.4. The maximum Gasteiger partial charge on any atom is 0.299 e. The second-order valence-electron chi connectivity index (χ2n) is 4.67. The van der Waals surface area contributed by atoms with Gasteiger partial charge in [0.1, 0.15) is 5.69 Å². The Bertz CT molecular complexity index is 559. The molecular formula is C14H20ClN3O7. The highest BCUT2D eigenvalue weighted by molar-refractivity contribution is 6.17. The van der Waals surface area contributed by atoms with Gasteiger partial charge in [0, 0.05) is 18.5 Å². The number of nitrogens with one attached hydrogen (secondary N) is 1. The first-order valence-corrected chi connectivity index (χ1v) is 8.05. The molecule has 0 aliphatic rings. The van der Waals surface area contributed by atoms with Gasteiger partial charge in [-0.1, -0.05) is 0 Å². The molecule has 0 saturated carbocycles. The van der Waals surface area contributed by atoms with Crippen molar-refractivity contribution in [3.05, 3.63) is 38.4 Å². The minimum absolute atomic E-state index is 0.201. The lowest BCUT2D eigenvalue weighted by Gasteiger charge is -2.08. The molecule has 10 nitrogen and oxygen atoms in total. The number of anilines is 1. The molecule has 0 fully saturated rings. The van der Waals surface area contributed by atoms with Gasteiger partial charge in [0.2, 0.25) is 0 Å². The molecule has 1 N–H and O–H groups in total. The molecule has 1 aromatic carbocycles. The van der Waals surface area contributed by atoms with Crippen LogP contribution in [0.15, 0.2) is 18.2 Å². The number of ether oxygens (including phenoxy) is 3. The van der Waals surface area contributed by atoms with E-state index in [1.54, 1.807) is 0 Å². The zero-order valence-electron chi connectivity index (χ0n) is 13.5. The Hall–Kier alpha value is -2.01. The van der Waals surface area contributed by atoms with Gasteiger partial charge in [0.15, 0.2) is 0 Å². The van der Waals surface area contributed by atoms with E-state index in [0.29, 0.717) is 52.1 Å². The van der Waals surface area contributed by atoms with Crippen molar-refractivity contribution in [3.63, 3.8) is 0 Å². The standard InChI is InChI=1S/C14H20ClN3O7/c15-3-5-23-7-9-25-10-8-24-6-4-16-13-2-1-12(17(19)20)11-14(13)18(21)22/h1-2,11,16H,3-10H2. The number of hydrogen-bond acceptors (Lipinski definition) is 8. The number of non-ortho nitro benzene ring substituents is 1. The van der Waals surface area contributed by atoms with Crippen molar-refractivity contribution < 1.29 is 24.1 Å². The van der Waals surface area contributed by atoms with Crippen LogP contribution in [0.5, 0.6) is 0 Å². The lowest BCUT2D eigenvalue weighted by atomic mass is 10.2. The predicted molar refractivity (Wildman–Crippen MR) is 91.4 cm³/mol. The van der Waals surface area contributed by atoms with Gasteiger partial charge < -0.3 is 19.5 Å². The van der Waals surface area contributed by atoms with Gasteiger partial charge in [-0.3, -0.25) is 20.2 Å². The number of benzene rings is 1. The smallest absolute Gasteiger partial charge is 0.299 e. The molecule has 0 heterocycles. The van der Waals surface area contributed by atoms with E-state index in [9.17, 15) is 20.2 Å². The summed E-state index contributed by atoms with van der Waals surface area (Å²) in [5, 5.41) is 24.5. The van der Waals surface area contributed by atoms with Crippen LogP contribution in [-0.2, 0) is 14.2 Å². The van der Waals surface area contributed by atoms with Crippen LogP contribution in [0.25, 0.3) is 0 Å². The average Bonchev–Trinajstić information content (AvgIpc) is 2.59. The van der Waals surface area contributed by atoms with Gasteiger partial charge in [-0.2, -0.15) is 0 Å². The van der Waals surface area contributed by atoms with Crippen molar-refractivity contribution in [1.82, 2.24) is 0 Å². The molecule has 0 aliphatic carbocycles. The molecule has 0 unspecified atom stereocenters. The van der Waals surface area contributed by atoms with Crippen LogP contribution in [0.1, 0.15) is 0 Å². The first kappa shape index (κ1) is 21.0. The minimum Gasteiger partial charge on any atom is -0.378 e. The van der Waals surface area contributed by atoms with Crippen molar-refractivity contribution in [2.75, 3.05) is 57.4 Å². The molecule has 0 saturated heterocycles. The Morgan fingerprint density at radius 1 is 0.920 bits per heavy atom. The van der Waals surface area contributed by atoms with Crippen LogP contribution in [0.3, 0.4) is 0 Å². The summed E-state index contributed by atoms with van der Waals surface area (Å²) in [5.41, 5.74) is -0.484. The van der Waals surface area contributed by atoms with Gasteiger partial charge in [-0.25, -0.2) is 0 Å². The van der Waals surface area contributed by atoms with Crippen molar-refractivity contribution >= 4 is 28.7 Å². The molecule has 11 heteroatoms. The molecule has 1 rings (SSSR count). The van der Waals surface area contributed by atoms with E-state index >= 15 is 0 Å². The molecule has 0 aromatic heterocycles. The summed E-state index contributed by atoms with van der Waals surface area (Å²) >= 11 is 5.45. The van der Waals surface area contributed by atoms with Crippen molar-refractivity contribution in [1.29, 1.82) is 0 Å². The summed E-state index contributed by atoms with van der Waals surface area (Å²) in [6.45, 7) is 2.81. The zero-order valence-corrected chi connectivity index (χ0v) is 14.3. The maximum atomic E-state index is 11.0. The largest absolute Gasteiger partial charge is 0.378 e. The Balaban J connectivity index is 2.21. The lowest BCUT2D eigenvalue weighted by molar-refractivity contribution is -0.393. The fraction of sp³-hybridized carbons (Fsp3) is 0.571. The van der Waals surface area contributed by atoms with E-state index in [1.807, 2.05) is 0 Å². The average molecular weight is 378 g/mol. The van der Waals surface area contributed by atoms with Gasteiger partial charge in [-0.05, 0) is 6.07 Å². The third-order valence-electron chi connectivity index (χ3n) is 2.92. The molecule has 0 radical (unpaired) electrons. The van der Waals surface area contributed by atoms with Crippen LogP contribution in [0, 0.1) is 20.2 Å². The van der Waals surface area contributed by atoms with Crippen LogP contribution >= 0.6 is 11.6 Å². The molecule has 0 aliphatic heterocycles. The predicted octanol–water partition coefficient (Wildman–Crippen LogP) is 2.20. The Morgan fingerprint density at radius 3 is 2.08 bits per heavy atom. The fourth-order valence-electron chi connectivity index (χ4n) is 1.79. The lowest BCUT2D eigenvalue weighted by Crippen LogP contribution is -2.14. The number of halogens is 1. The van der Waals surface area contributed by atoms with E-state index < -0.39 is 9.85 Å². The molecule has 0 atom stereocenters. The van der Waals surface area contributed by atoms with Crippen LogP contribution in [0.2, 0.25) is 0 Å². The SMILES string of the molecule is O=[N+]([O-])c1ccc(NCCOCCOCCOCCCl)c([N+](=O)[O-])c1. The van der Waals surface area contributed by atoms with Crippen molar-refractivity contribution in [2.45, 2.75) is 0 Å². The summed E-state index contributed by atoms with van der Waals surface area (Å²) in [4.78, 5) is 20.3. The molecular weight excluding hydrogens is 358 g/mol. The van der Waals surface area contributed by atoms with Crippen molar-refractivity contribution in [2.24, 2.45) is 0 Å². The van der Waals surface area contributed by atoms with E-state index in [4.69, 9.17) is 25.8 Å². The number of alkyl halides is 1. The Labute approximate surface area is 149 Å². The summed E-state index contributed by atoms with van der Waals surface area (Å²) in [7, 11) is 0. The molecule has 140 valence electrons. The van der Waals surface area contributed by atoms with Gasteiger partial charge in [0.25, 0.3) is 11.4 Å². The van der Waals surface area contributed by atoms with Crippen molar-refractivity contribution in [3.8, 4) is 0 Å².